The van der Waals surface area contributed by atoms with Gasteiger partial charge < -0.3 is 9.05 Å². The number of hydrogen-bond acceptors (Lipinski definition) is 10. The summed E-state index contributed by atoms with van der Waals surface area (Å²) in [7, 11) is -4.75. The molecule has 3 heterocycles. The summed E-state index contributed by atoms with van der Waals surface area (Å²) in [6.07, 6.45) is 0. The van der Waals surface area contributed by atoms with Gasteiger partial charge in [0.25, 0.3) is 0 Å². The van der Waals surface area contributed by atoms with E-state index in [0.29, 0.717) is 11.5 Å². The number of hydrogen-bond donors (Lipinski definition) is 2. The summed E-state index contributed by atoms with van der Waals surface area (Å²) in [6.45, 7) is 16.2. The van der Waals surface area contributed by atoms with Crippen LogP contribution < -0.4 is 54.0 Å². The van der Waals surface area contributed by atoms with Gasteiger partial charge in [-0.15, -0.1) is 0 Å². The van der Waals surface area contributed by atoms with Gasteiger partial charge in [-0.05, 0) is 28.8 Å². The average molecular weight is 1240 g/mol. The zero-order chi connectivity index (χ0) is 54.4. The van der Waals surface area contributed by atoms with Crippen LogP contribution >= 0.6 is 36.2 Å². The molecule has 3 aliphatic heterocycles. The van der Waals surface area contributed by atoms with Gasteiger partial charge in [0.15, 0.2) is 0 Å². The van der Waals surface area contributed by atoms with Gasteiger partial charge in [0.05, 0.1) is 5.39 Å². The molecule has 0 amide bonds. The molecule has 78 heavy (non-hydrogen) atoms. The predicted octanol–water partition coefficient (Wildman–Crippen LogP) is 15.1. The van der Waals surface area contributed by atoms with E-state index < -0.39 is 24.9 Å². The molecule has 0 radical (unpaired) electrons. The molecule has 10 aromatic carbocycles. The predicted molar refractivity (Wildman–Crippen MR) is 321 cm³/mol. The second-order valence-corrected chi connectivity index (χ2v) is 27.3. The first-order chi connectivity index (χ1) is 37.6. The molecular formula is C62H52ClO10P3Se2. The molecule has 0 saturated heterocycles. The molecule has 0 fully saturated rings. The number of aryl methyl sites for hydroxylation is 8. The summed E-state index contributed by atoms with van der Waals surface area (Å²) in [5.74, 6) is 6.97. The van der Waals surface area contributed by atoms with Crippen molar-refractivity contribution >= 4 is 116 Å². The molecule has 0 spiro atoms. The van der Waals surface area contributed by atoms with Crippen molar-refractivity contribution in [2.24, 2.45) is 0 Å². The van der Waals surface area contributed by atoms with Crippen LogP contribution in [0.4, 0.5) is 0 Å². The Morgan fingerprint density at radius 3 is 0.949 bits per heavy atom. The standard InChI is InChI=1S/C36H28O6P2Se.C16H18O2Se.C10H6ClO2P/c1-21-17-23(3)35(41-43-37-27-13-5-9-25-10-6-14-28(38-43)33(25)27)31(19-21)45-32-20-22(2)18-24(4)36(32)42-44-39-29-15-7-11-26-12-8-16-30(40-44)34(26)29;1-9-5-11(3)15(17)13(7-9)19-14-8-10(2)6-12(4)16(14)18;11-14-12-8-5-1-3-7-4-2-6-9(13-14)10(7)8/h5-20H,1-4H3;5-8,17-18H,1-4H3;1-6H. The van der Waals surface area contributed by atoms with Gasteiger partial charge in [-0.2, -0.15) is 0 Å². The molecule has 3 aliphatic rings. The second-order valence-electron chi connectivity index (χ2n) is 19.1. The Morgan fingerprint density at radius 1 is 0.359 bits per heavy atom. The fraction of sp³-hybridized carbons (Fsp3) is 0.129. The van der Waals surface area contributed by atoms with Gasteiger partial charge in [0, 0.05) is 0 Å². The Hall–Kier alpha value is -6.40. The Bertz CT molecular complexity index is 3650. The third-order valence-electron chi connectivity index (χ3n) is 12.9. The molecule has 0 unspecified atom stereocenters. The molecule has 0 bridgehead atoms. The van der Waals surface area contributed by atoms with Crippen molar-refractivity contribution in [1.29, 1.82) is 0 Å². The van der Waals surface area contributed by atoms with Crippen LogP contribution in [-0.4, -0.2) is 40.1 Å². The van der Waals surface area contributed by atoms with Crippen LogP contribution in [-0.2, 0) is 0 Å². The van der Waals surface area contributed by atoms with Gasteiger partial charge in [-0.1, -0.05) is 24.3 Å². The maximum Gasteiger partial charge on any atom is 0.401 e. The Morgan fingerprint density at radius 2 is 0.628 bits per heavy atom. The number of phenolic OH excluding ortho intramolecular Hbond substituents is 2. The number of aromatic hydroxyl groups is 2. The van der Waals surface area contributed by atoms with Crippen molar-refractivity contribution in [2.75, 3.05) is 0 Å². The molecule has 16 heteroatoms. The minimum absolute atomic E-state index is 0.0955. The Labute approximate surface area is 474 Å². The fourth-order valence-corrected chi connectivity index (χ4v) is 18.5. The smallest absolute Gasteiger partial charge is 0.401 e. The molecule has 10 nitrogen and oxygen atoms in total. The normalized spacial score (nSPS) is 13.3. The zero-order valence-electron chi connectivity index (χ0n) is 43.7. The van der Waals surface area contributed by atoms with Crippen molar-refractivity contribution in [3.05, 3.63) is 202 Å². The number of benzene rings is 10. The summed E-state index contributed by atoms with van der Waals surface area (Å²) in [5.41, 5.74) is 8.42. The molecule has 0 atom stereocenters. The summed E-state index contributed by atoms with van der Waals surface area (Å²) in [6, 6.07) is 52.4. The number of phenols is 2. The summed E-state index contributed by atoms with van der Waals surface area (Å²) >= 11 is 5.56. The van der Waals surface area contributed by atoms with Crippen LogP contribution in [0.25, 0.3) is 32.3 Å². The number of rotatable bonds is 8. The first-order valence-corrected chi connectivity index (χ1v) is 32.6. The third kappa shape index (κ3) is 11.4. The van der Waals surface area contributed by atoms with Crippen LogP contribution in [0, 0.1) is 55.4 Å². The average Bonchev–Trinajstić information content (AvgIpc) is 3.40. The topological polar surface area (TPSA) is 114 Å². The molecule has 394 valence electrons. The van der Waals surface area contributed by atoms with E-state index in [0.717, 1.165) is 141 Å². The Balaban J connectivity index is 0.000000159. The van der Waals surface area contributed by atoms with Gasteiger partial charge in [-0.25, -0.2) is 0 Å². The van der Waals surface area contributed by atoms with Crippen LogP contribution in [0.2, 0.25) is 0 Å². The second kappa shape index (κ2) is 22.8. The van der Waals surface area contributed by atoms with E-state index in [1.165, 1.54) is 0 Å². The van der Waals surface area contributed by atoms with Crippen molar-refractivity contribution in [3.8, 4) is 57.5 Å². The largest absolute Gasteiger partial charge is 0.426 e. The first-order valence-electron chi connectivity index (χ1n) is 24.9. The maximum absolute atomic E-state index is 10.1. The van der Waals surface area contributed by atoms with Crippen LogP contribution in [0.3, 0.4) is 0 Å². The summed E-state index contributed by atoms with van der Waals surface area (Å²) in [5, 5.41) is 26.5. The zero-order valence-corrected chi connectivity index (χ0v) is 50.6. The van der Waals surface area contributed by atoms with Crippen LogP contribution in [0.1, 0.15) is 44.5 Å². The minimum atomic E-state index is -1.71. The number of halogens is 1. The molecule has 10 aromatic rings. The molecule has 0 aliphatic carbocycles. The molecule has 0 aromatic heterocycles. The monoisotopic (exact) mass is 1240 g/mol. The van der Waals surface area contributed by atoms with E-state index >= 15 is 0 Å². The molecule has 13 rings (SSSR count). The minimum Gasteiger partial charge on any atom is -0.426 e. The van der Waals surface area contributed by atoms with E-state index in [9.17, 15) is 10.2 Å². The first kappa shape index (κ1) is 53.6. The van der Waals surface area contributed by atoms with Gasteiger partial charge in [0.2, 0.25) is 0 Å². The van der Waals surface area contributed by atoms with Crippen molar-refractivity contribution in [2.45, 2.75) is 55.4 Å². The molecule has 0 saturated carbocycles. The van der Waals surface area contributed by atoms with Crippen LogP contribution in [0.5, 0.6) is 57.5 Å². The molecular weight excluding hydrogens is 1190 g/mol. The van der Waals surface area contributed by atoms with Crippen molar-refractivity contribution in [3.63, 3.8) is 0 Å². The SMILES string of the molecule is Cc1cc(C)c(O)c([Se]c2cc(C)cc(C)c2O)c1.Cc1cc(C)c(OP2Oc3cccc4cccc(c34)O2)c([Se]c2cc(C)cc(C)c2OP2Oc3cccc4cccc(c34)O2)c1.ClP1Oc2cccc3cccc(c23)O1. The van der Waals surface area contributed by atoms with E-state index in [1.807, 2.05) is 137 Å². The van der Waals surface area contributed by atoms with E-state index in [4.69, 9.17) is 47.4 Å². The van der Waals surface area contributed by atoms with Crippen molar-refractivity contribution < 1.29 is 46.4 Å². The van der Waals surface area contributed by atoms with Gasteiger partial charge >= 0.3 is 399 Å². The van der Waals surface area contributed by atoms with Crippen LogP contribution in [0.15, 0.2) is 158 Å². The summed E-state index contributed by atoms with van der Waals surface area (Å²) < 4.78 is 53.2. The van der Waals surface area contributed by atoms with E-state index in [-0.39, 0.29) is 29.9 Å². The summed E-state index contributed by atoms with van der Waals surface area (Å²) in [4.78, 5) is 0. The van der Waals surface area contributed by atoms with Gasteiger partial charge in [0.1, 0.15) is 11.5 Å². The van der Waals surface area contributed by atoms with Crippen molar-refractivity contribution in [1.82, 2.24) is 0 Å². The van der Waals surface area contributed by atoms with E-state index in [2.05, 4.69) is 76.2 Å². The third-order valence-corrected chi connectivity index (χ3v) is 20.4. The van der Waals surface area contributed by atoms with Gasteiger partial charge in [-0.3, -0.25) is 0 Å². The van der Waals surface area contributed by atoms with E-state index in [1.54, 1.807) is 0 Å². The Kier molecular flexibility index (Phi) is 15.6. The maximum atomic E-state index is 10.1. The quantitative estimate of drug-likeness (QED) is 0.113. The molecule has 2 N–H and O–H groups in total. The fourth-order valence-electron chi connectivity index (χ4n) is 9.48.